The SMILES string of the molecule is [CH2]CNC1CC(C)(C)NC(C)(C)C1. The number of nitrogens with one attached hydrogen (secondary N) is 2. The summed E-state index contributed by atoms with van der Waals surface area (Å²) in [6, 6.07) is 0.615. The van der Waals surface area contributed by atoms with Crippen LogP contribution in [0.4, 0.5) is 0 Å². The van der Waals surface area contributed by atoms with Crippen LogP contribution in [0, 0.1) is 6.92 Å². The minimum Gasteiger partial charge on any atom is -0.314 e. The van der Waals surface area contributed by atoms with E-state index in [-0.39, 0.29) is 11.1 Å². The fourth-order valence-electron chi connectivity index (χ4n) is 2.67. The van der Waals surface area contributed by atoms with Gasteiger partial charge in [0.2, 0.25) is 0 Å². The van der Waals surface area contributed by atoms with Crippen molar-refractivity contribution in [3.63, 3.8) is 0 Å². The molecule has 77 valence electrons. The lowest BCUT2D eigenvalue weighted by Gasteiger charge is -2.46. The minimum atomic E-state index is 0.245. The molecule has 1 rings (SSSR count). The topological polar surface area (TPSA) is 24.1 Å². The predicted octanol–water partition coefficient (Wildman–Crippen LogP) is 1.72. The number of rotatable bonds is 2. The van der Waals surface area contributed by atoms with Crippen LogP contribution in [0.3, 0.4) is 0 Å². The first-order valence-electron chi connectivity index (χ1n) is 5.17. The quantitative estimate of drug-likeness (QED) is 0.681. The summed E-state index contributed by atoms with van der Waals surface area (Å²) in [5.74, 6) is 0. The van der Waals surface area contributed by atoms with Crippen LogP contribution in [-0.2, 0) is 0 Å². The van der Waals surface area contributed by atoms with Crippen LogP contribution in [0.1, 0.15) is 40.5 Å². The molecule has 0 bridgehead atoms. The largest absolute Gasteiger partial charge is 0.314 e. The summed E-state index contributed by atoms with van der Waals surface area (Å²) in [4.78, 5) is 0. The maximum atomic E-state index is 3.84. The van der Waals surface area contributed by atoms with Gasteiger partial charge in [-0.15, -0.1) is 0 Å². The molecule has 0 saturated carbocycles. The fraction of sp³-hybridized carbons (Fsp3) is 0.909. The molecule has 1 aliphatic rings. The van der Waals surface area contributed by atoms with E-state index in [9.17, 15) is 0 Å². The van der Waals surface area contributed by atoms with E-state index in [0.717, 1.165) is 6.54 Å². The Hall–Kier alpha value is -0.0800. The molecule has 0 unspecified atom stereocenters. The van der Waals surface area contributed by atoms with Crippen LogP contribution in [0.15, 0.2) is 0 Å². The van der Waals surface area contributed by atoms with Crippen molar-refractivity contribution in [1.82, 2.24) is 10.6 Å². The highest BCUT2D eigenvalue weighted by Gasteiger charge is 2.36. The Kier molecular flexibility index (Phi) is 3.03. The Morgan fingerprint density at radius 1 is 1.23 bits per heavy atom. The molecular weight excluding hydrogens is 160 g/mol. The van der Waals surface area contributed by atoms with Gasteiger partial charge in [0, 0.05) is 17.1 Å². The smallest absolute Gasteiger partial charge is 0.0144 e. The van der Waals surface area contributed by atoms with Gasteiger partial charge in [-0.2, -0.15) is 0 Å². The van der Waals surface area contributed by atoms with Crippen LogP contribution < -0.4 is 10.6 Å². The predicted molar refractivity (Wildman–Crippen MR) is 57.7 cm³/mol. The zero-order chi connectivity index (χ0) is 10.1. The van der Waals surface area contributed by atoms with Gasteiger partial charge in [0.05, 0.1) is 0 Å². The molecule has 1 heterocycles. The Morgan fingerprint density at radius 3 is 2.08 bits per heavy atom. The Bertz CT molecular complexity index is 157. The molecule has 0 aliphatic carbocycles. The molecule has 1 saturated heterocycles. The lowest BCUT2D eigenvalue weighted by Crippen LogP contribution is -2.61. The summed E-state index contributed by atoms with van der Waals surface area (Å²) >= 11 is 0. The van der Waals surface area contributed by atoms with E-state index >= 15 is 0 Å². The fourth-order valence-corrected chi connectivity index (χ4v) is 2.67. The summed E-state index contributed by atoms with van der Waals surface area (Å²) in [6.45, 7) is 13.8. The van der Waals surface area contributed by atoms with Gasteiger partial charge in [-0.3, -0.25) is 0 Å². The summed E-state index contributed by atoms with van der Waals surface area (Å²) in [6.07, 6.45) is 2.37. The average molecular weight is 183 g/mol. The number of piperidine rings is 1. The van der Waals surface area contributed by atoms with Gasteiger partial charge in [0.15, 0.2) is 0 Å². The van der Waals surface area contributed by atoms with E-state index in [4.69, 9.17) is 0 Å². The van der Waals surface area contributed by atoms with Crippen LogP contribution in [0.25, 0.3) is 0 Å². The maximum Gasteiger partial charge on any atom is 0.0144 e. The van der Waals surface area contributed by atoms with E-state index in [1.54, 1.807) is 0 Å². The number of hydrogen-bond donors (Lipinski definition) is 2. The Balaban J connectivity index is 2.61. The molecule has 1 aliphatic heterocycles. The second-order valence-corrected chi connectivity index (χ2v) is 5.45. The van der Waals surface area contributed by atoms with Gasteiger partial charge in [0.1, 0.15) is 0 Å². The molecule has 2 heteroatoms. The van der Waals surface area contributed by atoms with Crippen molar-refractivity contribution < 1.29 is 0 Å². The summed E-state index contributed by atoms with van der Waals surface area (Å²) in [5, 5.41) is 7.10. The van der Waals surface area contributed by atoms with Crippen LogP contribution in [0.5, 0.6) is 0 Å². The Morgan fingerprint density at radius 2 is 1.69 bits per heavy atom. The summed E-state index contributed by atoms with van der Waals surface area (Å²) in [7, 11) is 0. The minimum absolute atomic E-state index is 0.245. The second-order valence-electron chi connectivity index (χ2n) is 5.45. The second kappa shape index (κ2) is 3.58. The van der Waals surface area contributed by atoms with E-state index in [2.05, 4.69) is 45.3 Å². The average Bonchev–Trinajstić information content (AvgIpc) is 1.78. The molecule has 2 nitrogen and oxygen atoms in total. The molecule has 0 aromatic rings. The monoisotopic (exact) mass is 183 g/mol. The molecule has 1 fully saturated rings. The molecule has 0 spiro atoms. The van der Waals surface area contributed by atoms with Gasteiger partial charge in [-0.25, -0.2) is 0 Å². The van der Waals surface area contributed by atoms with E-state index in [1.165, 1.54) is 12.8 Å². The summed E-state index contributed by atoms with van der Waals surface area (Å²) in [5.41, 5.74) is 0.489. The molecule has 0 amide bonds. The van der Waals surface area contributed by atoms with Crippen molar-refractivity contribution in [3.05, 3.63) is 6.92 Å². The van der Waals surface area contributed by atoms with Crippen molar-refractivity contribution in [2.45, 2.75) is 57.7 Å². The van der Waals surface area contributed by atoms with Gasteiger partial charge >= 0.3 is 0 Å². The van der Waals surface area contributed by atoms with Gasteiger partial charge < -0.3 is 10.6 Å². The normalized spacial score (nSPS) is 27.5. The van der Waals surface area contributed by atoms with E-state index in [0.29, 0.717) is 6.04 Å². The molecule has 0 aromatic heterocycles. The molecule has 1 radical (unpaired) electrons. The lowest BCUT2D eigenvalue weighted by atomic mass is 9.79. The maximum absolute atomic E-state index is 3.84. The molecule has 0 atom stereocenters. The lowest BCUT2D eigenvalue weighted by molar-refractivity contribution is 0.148. The standard InChI is InChI=1S/C11H23N2/c1-6-12-9-7-10(2,3)13-11(4,5)8-9/h9,12-13H,1,6-8H2,2-5H3. The molecule has 2 N–H and O–H groups in total. The van der Waals surface area contributed by atoms with Crippen LogP contribution in [-0.4, -0.2) is 23.7 Å². The third kappa shape index (κ3) is 3.28. The van der Waals surface area contributed by atoms with E-state index in [1.807, 2.05) is 0 Å². The first-order valence-corrected chi connectivity index (χ1v) is 5.17. The van der Waals surface area contributed by atoms with Gasteiger partial charge in [-0.1, -0.05) is 0 Å². The molecule has 0 aromatic carbocycles. The zero-order valence-electron chi connectivity index (χ0n) is 9.41. The molecular formula is C11H23N2. The van der Waals surface area contributed by atoms with E-state index < -0.39 is 0 Å². The van der Waals surface area contributed by atoms with Gasteiger partial charge in [0.25, 0.3) is 0 Å². The zero-order valence-corrected chi connectivity index (χ0v) is 9.41. The van der Waals surface area contributed by atoms with Gasteiger partial charge in [-0.05, 0) is 54.0 Å². The number of hydrogen-bond acceptors (Lipinski definition) is 2. The summed E-state index contributed by atoms with van der Waals surface area (Å²) < 4.78 is 0. The van der Waals surface area contributed by atoms with Crippen LogP contribution in [0.2, 0.25) is 0 Å². The van der Waals surface area contributed by atoms with Crippen LogP contribution >= 0.6 is 0 Å². The van der Waals surface area contributed by atoms with Crippen molar-refractivity contribution in [2.24, 2.45) is 0 Å². The highest BCUT2D eigenvalue weighted by molar-refractivity contribution is 4.99. The van der Waals surface area contributed by atoms with Crippen molar-refractivity contribution >= 4 is 0 Å². The van der Waals surface area contributed by atoms with Crippen molar-refractivity contribution in [3.8, 4) is 0 Å². The Labute approximate surface area is 82.5 Å². The highest BCUT2D eigenvalue weighted by Crippen LogP contribution is 2.28. The van der Waals surface area contributed by atoms with Crippen molar-refractivity contribution in [2.75, 3.05) is 6.54 Å². The molecule has 13 heavy (non-hydrogen) atoms. The highest BCUT2D eigenvalue weighted by atomic mass is 15.1. The first-order chi connectivity index (χ1) is 5.85. The third-order valence-electron chi connectivity index (χ3n) is 2.62. The first kappa shape index (κ1) is 11.0. The van der Waals surface area contributed by atoms with Crippen molar-refractivity contribution in [1.29, 1.82) is 0 Å². The third-order valence-corrected chi connectivity index (χ3v) is 2.62.